The van der Waals surface area contributed by atoms with Gasteiger partial charge >= 0.3 is 6.18 Å². The van der Waals surface area contributed by atoms with Crippen LogP contribution in [0.25, 0.3) is 11.3 Å². The number of aliphatic hydroxyl groups is 1. The van der Waals surface area contributed by atoms with Gasteiger partial charge in [0.15, 0.2) is 5.76 Å². The number of nitrogens with zero attached hydrogens (tertiary/aromatic N) is 1. The SMILES string of the molecule is OCc1cc(-c2cc(F)cc(C(F)(F)F)c2)no1. The van der Waals surface area contributed by atoms with Crippen molar-refractivity contribution < 1.29 is 27.2 Å². The highest BCUT2D eigenvalue weighted by molar-refractivity contribution is 5.60. The number of aromatic nitrogens is 1. The van der Waals surface area contributed by atoms with Crippen LogP contribution in [0.3, 0.4) is 0 Å². The molecule has 3 nitrogen and oxygen atoms in total. The number of hydrogen-bond acceptors (Lipinski definition) is 3. The predicted molar refractivity (Wildman–Crippen MR) is 52.8 cm³/mol. The summed E-state index contributed by atoms with van der Waals surface area (Å²) in [6.07, 6.45) is -4.64. The van der Waals surface area contributed by atoms with E-state index in [4.69, 9.17) is 5.11 Å². The van der Waals surface area contributed by atoms with Gasteiger partial charge in [0.25, 0.3) is 0 Å². The second-order valence-corrected chi connectivity index (χ2v) is 3.56. The summed E-state index contributed by atoms with van der Waals surface area (Å²) < 4.78 is 55.2. The van der Waals surface area contributed by atoms with E-state index in [0.29, 0.717) is 6.07 Å². The highest BCUT2D eigenvalue weighted by atomic mass is 19.4. The number of alkyl halides is 3. The fourth-order valence-electron chi connectivity index (χ4n) is 1.42. The molecular formula is C11H7F4NO2. The molecule has 0 radical (unpaired) electrons. The van der Waals surface area contributed by atoms with Crippen molar-refractivity contribution in [3.8, 4) is 11.3 Å². The minimum absolute atomic E-state index is 0.0315. The fraction of sp³-hybridized carbons (Fsp3) is 0.182. The molecule has 0 aliphatic heterocycles. The number of aliphatic hydroxyl groups excluding tert-OH is 1. The molecule has 0 unspecified atom stereocenters. The molecule has 18 heavy (non-hydrogen) atoms. The molecule has 2 aromatic rings. The van der Waals surface area contributed by atoms with Gasteiger partial charge in [-0.15, -0.1) is 0 Å². The van der Waals surface area contributed by atoms with Gasteiger partial charge in [-0.3, -0.25) is 0 Å². The monoisotopic (exact) mass is 261 g/mol. The average Bonchev–Trinajstić information content (AvgIpc) is 2.75. The predicted octanol–water partition coefficient (Wildman–Crippen LogP) is 2.99. The molecule has 0 saturated carbocycles. The van der Waals surface area contributed by atoms with E-state index < -0.39 is 24.2 Å². The van der Waals surface area contributed by atoms with Crippen LogP contribution in [0.4, 0.5) is 17.6 Å². The van der Waals surface area contributed by atoms with Crippen molar-refractivity contribution in [3.63, 3.8) is 0 Å². The summed E-state index contributed by atoms with van der Waals surface area (Å²) in [7, 11) is 0. The van der Waals surface area contributed by atoms with Gasteiger partial charge in [-0.2, -0.15) is 13.2 Å². The van der Waals surface area contributed by atoms with Gasteiger partial charge in [0.2, 0.25) is 0 Å². The number of benzene rings is 1. The van der Waals surface area contributed by atoms with Gasteiger partial charge in [-0.25, -0.2) is 4.39 Å². The Bertz CT molecular complexity index is 562. The first-order chi connectivity index (χ1) is 8.40. The molecule has 0 aliphatic carbocycles. The molecule has 96 valence electrons. The Morgan fingerprint density at radius 3 is 2.44 bits per heavy atom. The standard InChI is InChI=1S/C11H7F4NO2/c12-8-2-6(1-7(3-8)11(13,14)15)10-4-9(5-17)18-16-10/h1-4,17H,5H2. The Morgan fingerprint density at radius 1 is 1.17 bits per heavy atom. The van der Waals surface area contributed by atoms with Crippen LogP contribution in [0.5, 0.6) is 0 Å². The molecule has 1 aromatic heterocycles. The maximum atomic E-state index is 13.1. The van der Waals surface area contributed by atoms with Crippen LogP contribution in [-0.2, 0) is 12.8 Å². The molecular weight excluding hydrogens is 254 g/mol. The summed E-state index contributed by atoms with van der Waals surface area (Å²) in [5, 5.41) is 12.2. The van der Waals surface area contributed by atoms with Crippen LogP contribution in [0.1, 0.15) is 11.3 Å². The van der Waals surface area contributed by atoms with Crippen molar-refractivity contribution in [2.75, 3.05) is 0 Å². The third kappa shape index (κ3) is 2.51. The third-order valence-electron chi connectivity index (χ3n) is 2.24. The van der Waals surface area contributed by atoms with E-state index in [1.807, 2.05) is 0 Å². The first-order valence-corrected chi connectivity index (χ1v) is 4.85. The Labute approximate surface area is 98.6 Å². The van der Waals surface area contributed by atoms with Crippen molar-refractivity contribution in [1.29, 1.82) is 0 Å². The molecule has 1 N–H and O–H groups in total. The second-order valence-electron chi connectivity index (χ2n) is 3.56. The minimum Gasteiger partial charge on any atom is -0.388 e. The van der Waals surface area contributed by atoms with Crippen LogP contribution in [-0.4, -0.2) is 10.3 Å². The summed E-state index contributed by atoms with van der Waals surface area (Å²) in [5.41, 5.74) is -1.14. The molecule has 2 rings (SSSR count). The maximum Gasteiger partial charge on any atom is 0.416 e. The number of halogens is 4. The van der Waals surface area contributed by atoms with E-state index in [1.54, 1.807) is 0 Å². The van der Waals surface area contributed by atoms with Crippen molar-refractivity contribution in [2.24, 2.45) is 0 Å². The number of hydrogen-bond donors (Lipinski definition) is 1. The molecule has 0 saturated heterocycles. The smallest absolute Gasteiger partial charge is 0.388 e. The molecule has 0 amide bonds. The third-order valence-corrected chi connectivity index (χ3v) is 2.24. The average molecular weight is 261 g/mol. The van der Waals surface area contributed by atoms with Crippen LogP contribution in [0, 0.1) is 5.82 Å². The van der Waals surface area contributed by atoms with Crippen molar-refractivity contribution >= 4 is 0 Å². The molecule has 1 heterocycles. The zero-order chi connectivity index (χ0) is 13.3. The lowest BCUT2D eigenvalue weighted by molar-refractivity contribution is -0.137. The summed E-state index contributed by atoms with van der Waals surface area (Å²) >= 11 is 0. The quantitative estimate of drug-likeness (QED) is 0.845. The fourth-order valence-corrected chi connectivity index (χ4v) is 1.42. The first kappa shape index (κ1) is 12.6. The Kier molecular flexibility index (Phi) is 3.08. The normalized spacial score (nSPS) is 11.8. The first-order valence-electron chi connectivity index (χ1n) is 4.85. The summed E-state index contributed by atoms with van der Waals surface area (Å²) in [6.45, 7) is -0.436. The van der Waals surface area contributed by atoms with Crippen molar-refractivity contribution in [1.82, 2.24) is 5.16 Å². The zero-order valence-electron chi connectivity index (χ0n) is 8.83. The van der Waals surface area contributed by atoms with Gasteiger partial charge in [0.05, 0.1) is 5.56 Å². The van der Waals surface area contributed by atoms with Gasteiger partial charge < -0.3 is 9.63 Å². The van der Waals surface area contributed by atoms with Crippen molar-refractivity contribution in [3.05, 3.63) is 41.4 Å². The molecule has 1 aromatic carbocycles. The summed E-state index contributed by atoms with van der Waals surface area (Å²) in [4.78, 5) is 0. The van der Waals surface area contributed by atoms with Gasteiger partial charge in [-0.1, -0.05) is 5.16 Å². The van der Waals surface area contributed by atoms with E-state index in [2.05, 4.69) is 9.68 Å². The van der Waals surface area contributed by atoms with E-state index in [-0.39, 0.29) is 17.0 Å². The van der Waals surface area contributed by atoms with E-state index in [0.717, 1.165) is 12.1 Å². The number of rotatable bonds is 2. The summed E-state index contributed by atoms with van der Waals surface area (Å²) in [5.74, 6) is -0.934. The lowest BCUT2D eigenvalue weighted by Gasteiger charge is -2.07. The van der Waals surface area contributed by atoms with Crippen LogP contribution in [0.15, 0.2) is 28.8 Å². The molecule has 0 fully saturated rings. The topological polar surface area (TPSA) is 46.3 Å². The lowest BCUT2D eigenvalue weighted by atomic mass is 10.1. The van der Waals surface area contributed by atoms with Crippen LogP contribution in [0.2, 0.25) is 0 Å². The Morgan fingerprint density at radius 2 is 1.89 bits per heavy atom. The molecule has 0 bridgehead atoms. The summed E-state index contributed by atoms with van der Waals surface area (Å²) in [6, 6.07) is 3.32. The van der Waals surface area contributed by atoms with Crippen LogP contribution < -0.4 is 0 Å². The van der Waals surface area contributed by atoms with Gasteiger partial charge in [0, 0.05) is 11.6 Å². The van der Waals surface area contributed by atoms with Gasteiger partial charge in [-0.05, 0) is 18.2 Å². The molecule has 0 atom stereocenters. The molecule has 0 spiro atoms. The van der Waals surface area contributed by atoms with Crippen LogP contribution >= 0.6 is 0 Å². The zero-order valence-corrected chi connectivity index (χ0v) is 8.83. The maximum absolute atomic E-state index is 13.1. The lowest BCUT2D eigenvalue weighted by Crippen LogP contribution is -2.05. The van der Waals surface area contributed by atoms with Gasteiger partial charge in [0.1, 0.15) is 18.1 Å². The largest absolute Gasteiger partial charge is 0.416 e. The Hall–Kier alpha value is -1.89. The second kappa shape index (κ2) is 4.41. The van der Waals surface area contributed by atoms with E-state index in [9.17, 15) is 17.6 Å². The Balaban J connectivity index is 2.48. The highest BCUT2D eigenvalue weighted by Gasteiger charge is 2.31. The highest BCUT2D eigenvalue weighted by Crippen LogP contribution is 2.32. The van der Waals surface area contributed by atoms with E-state index in [1.165, 1.54) is 6.07 Å². The van der Waals surface area contributed by atoms with E-state index >= 15 is 0 Å². The minimum atomic E-state index is -4.64. The van der Waals surface area contributed by atoms with Crippen molar-refractivity contribution in [2.45, 2.75) is 12.8 Å². The molecule has 7 heteroatoms. The molecule has 0 aliphatic rings.